The molecule has 0 radical (unpaired) electrons. The number of benzene rings is 1. The summed E-state index contributed by atoms with van der Waals surface area (Å²) in [5, 5.41) is 0.493. The third kappa shape index (κ3) is 2.59. The van der Waals surface area contributed by atoms with Crippen LogP contribution in [0.5, 0.6) is 0 Å². The molecular formula is C21H16ClN5. The molecule has 3 aromatic rings. The Labute approximate surface area is 162 Å². The molecule has 2 aliphatic heterocycles. The minimum atomic E-state index is 0.493. The summed E-state index contributed by atoms with van der Waals surface area (Å²) in [6.45, 7) is 0.665. The molecule has 2 aromatic heterocycles. The summed E-state index contributed by atoms with van der Waals surface area (Å²) in [5.74, 6) is 1.70. The average Bonchev–Trinajstić information content (AvgIpc) is 3.05. The van der Waals surface area contributed by atoms with Crippen molar-refractivity contribution >= 4 is 29.3 Å². The first-order valence-corrected chi connectivity index (χ1v) is 9.03. The van der Waals surface area contributed by atoms with Crippen molar-refractivity contribution in [2.24, 2.45) is 4.99 Å². The Bertz CT molecular complexity index is 1080. The molecule has 27 heavy (non-hydrogen) atoms. The van der Waals surface area contributed by atoms with Crippen molar-refractivity contribution in [2.45, 2.75) is 0 Å². The molecule has 0 aliphatic carbocycles. The van der Waals surface area contributed by atoms with Crippen LogP contribution in [0.4, 0.5) is 5.82 Å². The Morgan fingerprint density at radius 2 is 1.85 bits per heavy atom. The van der Waals surface area contributed by atoms with Crippen LogP contribution >= 0.6 is 11.6 Å². The minimum Gasteiger partial charge on any atom is -0.353 e. The zero-order valence-corrected chi connectivity index (χ0v) is 15.4. The number of hydrogen-bond donors (Lipinski definition) is 0. The molecule has 5 nitrogen and oxygen atoms in total. The largest absolute Gasteiger partial charge is 0.353 e. The molecule has 1 aromatic carbocycles. The van der Waals surface area contributed by atoms with Gasteiger partial charge in [0, 0.05) is 42.3 Å². The lowest BCUT2D eigenvalue weighted by Crippen LogP contribution is -2.28. The van der Waals surface area contributed by atoms with E-state index in [4.69, 9.17) is 21.6 Å². The van der Waals surface area contributed by atoms with Crippen LogP contribution in [0.15, 0.2) is 71.7 Å². The van der Waals surface area contributed by atoms with E-state index in [-0.39, 0.29) is 0 Å². The van der Waals surface area contributed by atoms with Gasteiger partial charge >= 0.3 is 0 Å². The van der Waals surface area contributed by atoms with Crippen molar-refractivity contribution in [3.63, 3.8) is 0 Å². The number of hydrogen-bond acceptors (Lipinski definition) is 5. The highest BCUT2D eigenvalue weighted by molar-refractivity contribution is 6.32. The normalized spacial score (nSPS) is 15.2. The molecular weight excluding hydrogens is 358 g/mol. The second-order valence-electron chi connectivity index (χ2n) is 6.55. The number of rotatable bonds is 2. The first-order chi connectivity index (χ1) is 13.2. The summed E-state index contributed by atoms with van der Waals surface area (Å²) < 4.78 is 0. The molecule has 5 rings (SSSR count). The van der Waals surface area contributed by atoms with Gasteiger partial charge < -0.3 is 4.90 Å². The number of aliphatic imine (C=N–C) groups is 1. The van der Waals surface area contributed by atoms with Crippen LogP contribution in [0.25, 0.3) is 16.8 Å². The van der Waals surface area contributed by atoms with Gasteiger partial charge in [0.25, 0.3) is 0 Å². The van der Waals surface area contributed by atoms with Crippen molar-refractivity contribution < 1.29 is 0 Å². The molecule has 0 spiro atoms. The average molecular weight is 374 g/mol. The highest BCUT2D eigenvalue weighted by Crippen LogP contribution is 2.40. The maximum Gasteiger partial charge on any atom is 0.160 e. The Hall–Kier alpha value is -3.18. The molecule has 4 heterocycles. The van der Waals surface area contributed by atoms with Gasteiger partial charge in [-0.05, 0) is 23.8 Å². The predicted octanol–water partition coefficient (Wildman–Crippen LogP) is 4.27. The van der Waals surface area contributed by atoms with Crippen molar-refractivity contribution in [1.29, 1.82) is 0 Å². The summed E-state index contributed by atoms with van der Waals surface area (Å²) in [7, 11) is 2.04. The van der Waals surface area contributed by atoms with Crippen LogP contribution < -0.4 is 4.90 Å². The fraction of sp³-hybridized carbons (Fsp3) is 0.0952. The minimum absolute atomic E-state index is 0.493. The van der Waals surface area contributed by atoms with Gasteiger partial charge in [-0.3, -0.25) is 9.88 Å². The van der Waals surface area contributed by atoms with Gasteiger partial charge in [-0.2, -0.15) is 0 Å². The van der Waals surface area contributed by atoms with Gasteiger partial charge in [-0.25, -0.2) is 9.98 Å². The molecule has 0 unspecified atom stereocenters. The summed E-state index contributed by atoms with van der Waals surface area (Å²) in [6, 6.07) is 16.1. The zero-order valence-electron chi connectivity index (χ0n) is 14.7. The Morgan fingerprint density at radius 3 is 2.63 bits per heavy atom. The monoisotopic (exact) mass is 373 g/mol. The fourth-order valence-corrected chi connectivity index (χ4v) is 3.80. The topological polar surface area (TPSA) is 44.6 Å². The Morgan fingerprint density at radius 1 is 1.04 bits per heavy atom. The highest BCUT2D eigenvalue weighted by atomic mass is 35.5. The molecule has 0 fully saturated rings. The van der Waals surface area contributed by atoms with E-state index in [0.29, 0.717) is 11.8 Å². The second kappa shape index (κ2) is 6.21. The second-order valence-corrected chi connectivity index (χ2v) is 6.90. The molecule has 132 valence electrons. The van der Waals surface area contributed by atoms with Gasteiger partial charge in [0.1, 0.15) is 11.0 Å². The molecule has 0 N–H and O–H groups in total. The van der Waals surface area contributed by atoms with Crippen molar-refractivity contribution in [3.05, 3.63) is 83.0 Å². The SMILES string of the molecule is CN1CN2C(=C1c1cccnc1)N=Cc1cc(-c3ccccc3)c(Cl)nc12. The summed E-state index contributed by atoms with van der Waals surface area (Å²) >= 11 is 6.55. The van der Waals surface area contributed by atoms with E-state index < -0.39 is 0 Å². The lowest BCUT2D eigenvalue weighted by Gasteiger charge is -2.24. The van der Waals surface area contributed by atoms with E-state index in [1.165, 1.54) is 0 Å². The number of anilines is 1. The van der Waals surface area contributed by atoms with Gasteiger partial charge in [0.05, 0.1) is 12.4 Å². The maximum absolute atomic E-state index is 6.55. The molecule has 0 saturated carbocycles. The summed E-state index contributed by atoms with van der Waals surface area (Å²) in [6.07, 6.45) is 5.49. The predicted molar refractivity (Wildman–Crippen MR) is 109 cm³/mol. The van der Waals surface area contributed by atoms with E-state index in [2.05, 4.69) is 20.9 Å². The lowest BCUT2D eigenvalue weighted by molar-refractivity contribution is 0.514. The maximum atomic E-state index is 6.55. The number of aromatic nitrogens is 2. The van der Waals surface area contributed by atoms with Crippen LogP contribution in [0, 0.1) is 0 Å². The van der Waals surface area contributed by atoms with Crippen LogP contribution in [0.3, 0.4) is 0 Å². The van der Waals surface area contributed by atoms with Gasteiger partial charge in [0.15, 0.2) is 5.82 Å². The Kier molecular flexibility index (Phi) is 3.69. The van der Waals surface area contributed by atoms with E-state index >= 15 is 0 Å². The van der Waals surface area contributed by atoms with Crippen LogP contribution in [0.1, 0.15) is 11.1 Å². The van der Waals surface area contributed by atoms with Gasteiger partial charge in [-0.15, -0.1) is 0 Å². The van der Waals surface area contributed by atoms with E-state index in [1.807, 2.05) is 61.9 Å². The van der Waals surface area contributed by atoms with Gasteiger partial charge in [-0.1, -0.05) is 41.9 Å². The fourth-order valence-electron chi connectivity index (χ4n) is 3.56. The third-order valence-electron chi connectivity index (χ3n) is 4.79. The summed E-state index contributed by atoms with van der Waals surface area (Å²) in [5.41, 5.74) is 4.99. The smallest absolute Gasteiger partial charge is 0.160 e. The van der Waals surface area contributed by atoms with Crippen molar-refractivity contribution in [1.82, 2.24) is 14.9 Å². The number of halogens is 1. The molecule has 0 bridgehead atoms. The van der Waals surface area contributed by atoms with Crippen LogP contribution in [0.2, 0.25) is 5.15 Å². The molecule has 0 atom stereocenters. The Balaban J connectivity index is 1.63. The van der Waals surface area contributed by atoms with Crippen molar-refractivity contribution in [3.8, 4) is 11.1 Å². The third-order valence-corrected chi connectivity index (χ3v) is 5.08. The molecule has 0 amide bonds. The van der Waals surface area contributed by atoms with Crippen LogP contribution in [-0.2, 0) is 0 Å². The van der Waals surface area contributed by atoms with Crippen molar-refractivity contribution in [2.75, 3.05) is 18.6 Å². The standard InChI is InChI=1S/C21H16ClN5/c1-26-13-27-20-16(10-17(19(22)25-20)14-6-3-2-4-7-14)12-24-21(27)18(26)15-8-5-9-23-11-15/h2-12H,13H2,1H3. The lowest BCUT2D eigenvalue weighted by atomic mass is 10.1. The van der Waals surface area contributed by atoms with E-state index in [0.717, 1.165) is 39.6 Å². The first-order valence-electron chi connectivity index (χ1n) is 8.66. The zero-order chi connectivity index (χ0) is 18.4. The number of pyridine rings is 2. The van der Waals surface area contributed by atoms with E-state index in [9.17, 15) is 0 Å². The highest BCUT2D eigenvalue weighted by Gasteiger charge is 2.33. The summed E-state index contributed by atoms with van der Waals surface area (Å²) in [4.78, 5) is 17.9. The van der Waals surface area contributed by atoms with Crippen LogP contribution in [-0.4, -0.2) is 34.8 Å². The quantitative estimate of drug-likeness (QED) is 0.629. The number of fused-ring (bicyclic) bond motifs is 3. The van der Waals surface area contributed by atoms with E-state index in [1.54, 1.807) is 6.20 Å². The van der Waals surface area contributed by atoms with Gasteiger partial charge in [0.2, 0.25) is 0 Å². The number of nitrogens with zero attached hydrogens (tertiary/aromatic N) is 5. The molecule has 6 heteroatoms. The first kappa shape index (κ1) is 16.0. The molecule has 2 aliphatic rings. The molecule has 0 saturated heterocycles.